The van der Waals surface area contributed by atoms with Crippen molar-refractivity contribution < 1.29 is 4.74 Å². The Kier molecular flexibility index (Phi) is 2.96. The zero-order valence-electron chi connectivity index (χ0n) is 5.50. The molecule has 10 heavy (non-hydrogen) atoms. The van der Waals surface area contributed by atoms with Crippen LogP contribution in [0.2, 0.25) is 0 Å². The third-order valence-corrected chi connectivity index (χ3v) is 2.31. The van der Waals surface area contributed by atoms with Gasteiger partial charge in [-0.1, -0.05) is 27.3 Å². The molecule has 0 saturated heterocycles. The van der Waals surface area contributed by atoms with E-state index < -0.39 is 0 Å². The van der Waals surface area contributed by atoms with Gasteiger partial charge in [0.2, 0.25) is 0 Å². The molecule has 0 N–H and O–H groups in total. The van der Waals surface area contributed by atoms with Gasteiger partial charge in [-0.15, -0.1) is 0 Å². The van der Waals surface area contributed by atoms with Gasteiger partial charge >= 0.3 is 0 Å². The molecule has 0 aliphatic carbocycles. The van der Waals surface area contributed by atoms with Crippen LogP contribution < -0.4 is 4.74 Å². The van der Waals surface area contributed by atoms with Gasteiger partial charge in [-0.3, -0.25) is 0 Å². The molecule has 54 valence electrons. The lowest BCUT2D eigenvalue weighted by atomic mass is 10.5. The van der Waals surface area contributed by atoms with E-state index in [2.05, 4.69) is 15.9 Å². The number of hydrogen-bond acceptors (Lipinski definition) is 2. The second kappa shape index (κ2) is 3.78. The molecule has 1 nitrogen and oxygen atoms in total. The smallest absolute Gasteiger partial charge is 0.173 e. The van der Waals surface area contributed by atoms with Crippen LogP contribution in [0.25, 0.3) is 6.08 Å². The van der Waals surface area contributed by atoms with Crippen LogP contribution in [0, 0.1) is 0 Å². The maximum absolute atomic E-state index is 5.01. The topological polar surface area (TPSA) is 9.23 Å². The van der Waals surface area contributed by atoms with Crippen LogP contribution in [0.3, 0.4) is 0 Å². The molecule has 1 aromatic rings. The van der Waals surface area contributed by atoms with E-state index in [0.29, 0.717) is 0 Å². The molecule has 1 aromatic heterocycles. The standard InChI is InChI=1S/C7H7BrOS/c1-9-7-3-2-6(10-7)4-5-8/h2-5H,1H3/b5-4+. The predicted octanol–water partition coefficient (Wildman–Crippen LogP) is 3.12. The fourth-order valence-corrected chi connectivity index (χ4v) is 1.78. The number of halogens is 1. The first-order chi connectivity index (χ1) is 4.86. The molecular weight excluding hydrogens is 212 g/mol. The molecule has 1 heterocycles. The molecule has 0 aliphatic heterocycles. The van der Waals surface area contributed by atoms with E-state index in [-0.39, 0.29) is 0 Å². The molecule has 0 saturated carbocycles. The summed E-state index contributed by atoms with van der Waals surface area (Å²) in [5.74, 6) is 0. The molecule has 0 atom stereocenters. The highest BCUT2D eigenvalue weighted by Gasteiger charge is 1.93. The summed E-state index contributed by atoms with van der Waals surface area (Å²) in [4.78, 5) is 3.02. The van der Waals surface area contributed by atoms with E-state index in [4.69, 9.17) is 4.74 Å². The summed E-state index contributed by atoms with van der Waals surface area (Å²) in [6.45, 7) is 0. The van der Waals surface area contributed by atoms with Crippen LogP contribution in [0.15, 0.2) is 17.1 Å². The number of rotatable bonds is 2. The van der Waals surface area contributed by atoms with Crippen LogP contribution in [0.5, 0.6) is 5.06 Å². The second-order valence-electron chi connectivity index (χ2n) is 1.65. The summed E-state index contributed by atoms with van der Waals surface area (Å²) in [6, 6.07) is 3.97. The fourth-order valence-electron chi connectivity index (χ4n) is 0.596. The van der Waals surface area contributed by atoms with E-state index in [9.17, 15) is 0 Å². The molecule has 0 radical (unpaired) electrons. The zero-order valence-corrected chi connectivity index (χ0v) is 7.91. The lowest BCUT2D eigenvalue weighted by molar-refractivity contribution is 0.427. The van der Waals surface area contributed by atoms with E-state index in [1.165, 1.54) is 4.88 Å². The lowest BCUT2D eigenvalue weighted by Crippen LogP contribution is -1.73. The predicted molar refractivity (Wildman–Crippen MR) is 48.8 cm³/mol. The van der Waals surface area contributed by atoms with Crippen LogP contribution in [0.4, 0.5) is 0 Å². The monoisotopic (exact) mass is 218 g/mol. The highest BCUT2D eigenvalue weighted by molar-refractivity contribution is 9.11. The summed E-state index contributed by atoms with van der Waals surface area (Å²) in [5, 5.41) is 0.945. The molecule has 0 amide bonds. The molecule has 3 heteroatoms. The van der Waals surface area contributed by atoms with Gasteiger partial charge in [0.1, 0.15) is 0 Å². The van der Waals surface area contributed by atoms with Gasteiger partial charge in [-0.25, -0.2) is 0 Å². The first kappa shape index (κ1) is 7.82. The van der Waals surface area contributed by atoms with Crippen molar-refractivity contribution in [2.45, 2.75) is 0 Å². The first-order valence-electron chi connectivity index (χ1n) is 2.77. The van der Waals surface area contributed by atoms with Crippen molar-refractivity contribution in [2.75, 3.05) is 7.11 Å². The highest BCUT2D eigenvalue weighted by atomic mass is 79.9. The molecule has 0 bridgehead atoms. The molecule has 0 spiro atoms. The summed E-state index contributed by atoms with van der Waals surface area (Å²) < 4.78 is 5.01. The van der Waals surface area contributed by atoms with Gasteiger partial charge in [-0.2, -0.15) is 0 Å². The molecular formula is C7H7BrOS. The Hall–Kier alpha value is -0.280. The Balaban J connectivity index is 2.78. The average Bonchev–Trinajstić information content (AvgIpc) is 2.37. The van der Waals surface area contributed by atoms with Crippen LogP contribution in [-0.2, 0) is 0 Å². The normalized spacial score (nSPS) is 10.6. The van der Waals surface area contributed by atoms with Crippen LogP contribution >= 0.6 is 27.3 Å². The van der Waals surface area contributed by atoms with Crippen molar-refractivity contribution in [2.24, 2.45) is 0 Å². The summed E-state index contributed by atoms with van der Waals surface area (Å²) in [5.41, 5.74) is 0. The van der Waals surface area contributed by atoms with Gasteiger partial charge in [0, 0.05) is 4.88 Å². The average molecular weight is 219 g/mol. The largest absolute Gasteiger partial charge is 0.487 e. The van der Waals surface area contributed by atoms with Crippen molar-refractivity contribution in [1.82, 2.24) is 0 Å². The molecule has 1 rings (SSSR count). The Morgan fingerprint density at radius 3 is 2.90 bits per heavy atom. The Labute approximate surface area is 72.5 Å². The van der Waals surface area contributed by atoms with E-state index in [1.807, 2.05) is 23.2 Å². The number of thiophene rings is 1. The maximum Gasteiger partial charge on any atom is 0.173 e. The van der Waals surface area contributed by atoms with E-state index in [1.54, 1.807) is 18.4 Å². The minimum atomic E-state index is 0.945. The third kappa shape index (κ3) is 1.85. The quantitative estimate of drug-likeness (QED) is 0.742. The Morgan fingerprint density at radius 2 is 2.40 bits per heavy atom. The lowest BCUT2D eigenvalue weighted by Gasteiger charge is -1.87. The second-order valence-corrected chi connectivity index (χ2v) is 3.26. The minimum absolute atomic E-state index is 0.945. The molecule has 0 unspecified atom stereocenters. The third-order valence-electron chi connectivity index (χ3n) is 1.03. The summed E-state index contributed by atoms with van der Waals surface area (Å²) in [7, 11) is 1.67. The van der Waals surface area contributed by atoms with Crippen molar-refractivity contribution in [1.29, 1.82) is 0 Å². The SMILES string of the molecule is COc1ccc(/C=C/Br)s1. The van der Waals surface area contributed by atoms with Crippen molar-refractivity contribution >= 4 is 33.3 Å². The van der Waals surface area contributed by atoms with Gasteiger partial charge in [0.25, 0.3) is 0 Å². The van der Waals surface area contributed by atoms with E-state index >= 15 is 0 Å². The summed E-state index contributed by atoms with van der Waals surface area (Å²) >= 11 is 4.82. The summed E-state index contributed by atoms with van der Waals surface area (Å²) in [6.07, 6.45) is 1.98. The maximum atomic E-state index is 5.01. The highest BCUT2D eigenvalue weighted by Crippen LogP contribution is 2.24. The van der Waals surface area contributed by atoms with Gasteiger partial charge in [-0.05, 0) is 23.2 Å². The number of methoxy groups -OCH3 is 1. The number of ether oxygens (including phenoxy) is 1. The zero-order chi connectivity index (χ0) is 7.40. The van der Waals surface area contributed by atoms with Crippen molar-refractivity contribution in [3.05, 3.63) is 22.0 Å². The molecule has 0 aromatic carbocycles. The minimum Gasteiger partial charge on any atom is -0.487 e. The molecule has 0 aliphatic rings. The fraction of sp³-hybridized carbons (Fsp3) is 0.143. The Morgan fingerprint density at radius 1 is 1.60 bits per heavy atom. The van der Waals surface area contributed by atoms with Crippen LogP contribution in [-0.4, -0.2) is 7.11 Å². The van der Waals surface area contributed by atoms with Gasteiger partial charge in [0.05, 0.1) is 7.11 Å². The van der Waals surface area contributed by atoms with Gasteiger partial charge in [0.15, 0.2) is 5.06 Å². The van der Waals surface area contributed by atoms with Crippen molar-refractivity contribution in [3.8, 4) is 5.06 Å². The Bertz CT molecular complexity index is 229. The van der Waals surface area contributed by atoms with Gasteiger partial charge < -0.3 is 4.74 Å². The van der Waals surface area contributed by atoms with Crippen LogP contribution in [0.1, 0.15) is 4.88 Å². The van der Waals surface area contributed by atoms with Crippen molar-refractivity contribution in [3.63, 3.8) is 0 Å². The molecule has 0 fully saturated rings. The van der Waals surface area contributed by atoms with E-state index in [0.717, 1.165) is 5.06 Å². The first-order valence-corrected chi connectivity index (χ1v) is 4.50. The number of hydrogen-bond donors (Lipinski definition) is 0.